The average Bonchev–Trinajstić information content (AvgIpc) is 2.53. The summed E-state index contributed by atoms with van der Waals surface area (Å²) in [5, 5.41) is 13.1. The largest absolute Gasteiger partial charge is 0.477 e. The molecule has 0 saturated heterocycles. The van der Waals surface area contributed by atoms with Crippen LogP contribution in [-0.4, -0.2) is 17.4 Å². The van der Waals surface area contributed by atoms with E-state index in [2.05, 4.69) is 5.32 Å². The first-order chi connectivity index (χ1) is 11.7. The van der Waals surface area contributed by atoms with Crippen molar-refractivity contribution >= 4 is 28.9 Å². The van der Waals surface area contributed by atoms with E-state index in [1.807, 2.05) is 0 Å². The molecule has 1 N–H and O–H groups in total. The van der Waals surface area contributed by atoms with Crippen molar-refractivity contribution in [3.05, 3.63) is 63.2 Å². The lowest BCUT2D eigenvalue weighted by molar-refractivity contribution is -0.385. The number of carbonyl (C=O) groups excluding carboxylic acids is 1. The van der Waals surface area contributed by atoms with E-state index in [1.165, 1.54) is 24.3 Å². The quantitative estimate of drug-likeness (QED) is 0.625. The minimum atomic E-state index is -4.64. The molecule has 10 heteroatoms. The first-order valence-electron chi connectivity index (χ1n) is 6.71. The molecule has 132 valence electrons. The molecule has 0 aromatic heterocycles. The number of nitrogens with one attached hydrogen (secondary N) is 1. The Morgan fingerprint density at radius 3 is 2.56 bits per heavy atom. The van der Waals surface area contributed by atoms with Crippen molar-refractivity contribution in [1.29, 1.82) is 0 Å². The van der Waals surface area contributed by atoms with E-state index < -0.39 is 40.6 Å². The Bertz CT molecular complexity index is 812. The lowest BCUT2D eigenvalue weighted by Crippen LogP contribution is -2.22. The fraction of sp³-hybridized carbons (Fsp3) is 0.133. The van der Waals surface area contributed by atoms with E-state index in [1.54, 1.807) is 0 Å². The van der Waals surface area contributed by atoms with Gasteiger partial charge in [-0.1, -0.05) is 23.7 Å². The van der Waals surface area contributed by atoms with Crippen LogP contribution >= 0.6 is 11.6 Å². The zero-order chi connectivity index (χ0) is 18.6. The van der Waals surface area contributed by atoms with Crippen LogP contribution in [0.3, 0.4) is 0 Å². The van der Waals surface area contributed by atoms with Gasteiger partial charge < -0.3 is 10.1 Å². The number of nitro benzene ring substituents is 1. The van der Waals surface area contributed by atoms with Crippen LogP contribution in [0.25, 0.3) is 0 Å². The molecule has 0 saturated carbocycles. The molecule has 0 spiro atoms. The van der Waals surface area contributed by atoms with E-state index in [9.17, 15) is 28.1 Å². The predicted molar refractivity (Wildman–Crippen MR) is 83.7 cm³/mol. The molecule has 0 atom stereocenters. The van der Waals surface area contributed by atoms with Crippen LogP contribution in [0.15, 0.2) is 42.5 Å². The van der Waals surface area contributed by atoms with Gasteiger partial charge in [0.15, 0.2) is 12.4 Å². The molecule has 1 amide bonds. The van der Waals surface area contributed by atoms with Crippen LogP contribution in [-0.2, 0) is 11.0 Å². The van der Waals surface area contributed by atoms with Gasteiger partial charge in [0.05, 0.1) is 16.2 Å². The van der Waals surface area contributed by atoms with E-state index in [0.29, 0.717) is 0 Å². The molecule has 0 bridgehead atoms. The van der Waals surface area contributed by atoms with Crippen molar-refractivity contribution < 1.29 is 27.6 Å². The molecule has 2 aromatic carbocycles. The molecular formula is C15H10ClF3N2O4. The highest BCUT2D eigenvalue weighted by Gasteiger charge is 2.33. The van der Waals surface area contributed by atoms with E-state index in [0.717, 1.165) is 18.2 Å². The third-order valence-electron chi connectivity index (χ3n) is 2.98. The fourth-order valence-corrected chi connectivity index (χ4v) is 2.09. The fourth-order valence-electron chi connectivity index (χ4n) is 1.92. The lowest BCUT2D eigenvalue weighted by atomic mass is 10.1. The Kier molecular flexibility index (Phi) is 5.48. The van der Waals surface area contributed by atoms with Gasteiger partial charge in [-0.25, -0.2) is 0 Å². The minimum absolute atomic E-state index is 0.0996. The van der Waals surface area contributed by atoms with Crippen molar-refractivity contribution in [3.8, 4) is 5.75 Å². The van der Waals surface area contributed by atoms with Gasteiger partial charge in [-0.3, -0.25) is 14.9 Å². The highest BCUT2D eigenvalue weighted by Crippen LogP contribution is 2.34. The van der Waals surface area contributed by atoms with Gasteiger partial charge >= 0.3 is 11.9 Å². The second-order valence-corrected chi connectivity index (χ2v) is 5.19. The summed E-state index contributed by atoms with van der Waals surface area (Å²) in [4.78, 5) is 22.0. The van der Waals surface area contributed by atoms with Crippen molar-refractivity contribution in [1.82, 2.24) is 0 Å². The molecule has 0 aliphatic heterocycles. The van der Waals surface area contributed by atoms with Gasteiger partial charge in [0, 0.05) is 11.1 Å². The summed E-state index contributed by atoms with van der Waals surface area (Å²) in [6.07, 6.45) is -4.64. The number of hydrogen-bond acceptors (Lipinski definition) is 4. The summed E-state index contributed by atoms with van der Waals surface area (Å²) in [7, 11) is 0. The van der Waals surface area contributed by atoms with Crippen LogP contribution in [0.2, 0.25) is 5.02 Å². The number of nitro groups is 1. The second-order valence-electron chi connectivity index (χ2n) is 4.75. The zero-order valence-electron chi connectivity index (χ0n) is 12.3. The Balaban J connectivity index is 2.09. The highest BCUT2D eigenvalue weighted by molar-refractivity contribution is 6.30. The van der Waals surface area contributed by atoms with Crippen LogP contribution in [0.1, 0.15) is 5.56 Å². The van der Waals surface area contributed by atoms with Crippen molar-refractivity contribution in [2.24, 2.45) is 0 Å². The maximum atomic E-state index is 12.9. The number of carbonyl (C=O) groups is 1. The SMILES string of the molecule is O=C(COc1ccc(Cl)cc1[N+](=O)[O-])Nc1ccccc1C(F)(F)F. The van der Waals surface area contributed by atoms with Gasteiger partial charge in [-0.2, -0.15) is 13.2 Å². The maximum absolute atomic E-state index is 12.9. The third-order valence-corrected chi connectivity index (χ3v) is 3.22. The number of benzene rings is 2. The number of ether oxygens (including phenoxy) is 1. The Morgan fingerprint density at radius 1 is 1.24 bits per heavy atom. The van der Waals surface area contributed by atoms with E-state index >= 15 is 0 Å². The number of halogens is 4. The van der Waals surface area contributed by atoms with Gasteiger partial charge in [0.1, 0.15) is 0 Å². The molecular weight excluding hydrogens is 365 g/mol. The highest BCUT2D eigenvalue weighted by atomic mass is 35.5. The monoisotopic (exact) mass is 374 g/mol. The molecule has 6 nitrogen and oxygen atoms in total. The average molecular weight is 375 g/mol. The molecule has 0 heterocycles. The number of alkyl halides is 3. The number of nitrogens with zero attached hydrogens (tertiary/aromatic N) is 1. The Labute approximate surface area is 144 Å². The molecule has 0 aliphatic rings. The number of anilines is 1. The summed E-state index contributed by atoms with van der Waals surface area (Å²) in [5.74, 6) is -1.13. The van der Waals surface area contributed by atoms with Gasteiger partial charge in [0.2, 0.25) is 0 Å². The predicted octanol–water partition coefficient (Wildman–Crippen LogP) is 4.28. The third kappa shape index (κ3) is 4.83. The van der Waals surface area contributed by atoms with Crippen molar-refractivity contribution in [2.45, 2.75) is 6.18 Å². The Hall–Kier alpha value is -2.81. The summed E-state index contributed by atoms with van der Waals surface area (Å²) in [5.41, 5.74) is -1.91. The van der Waals surface area contributed by atoms with Crippen molar-refractivity contribution in [2.75, 3.05) is 11.9 Å². The standard InChI is InChI=1S/C15H10ClF3N2O4/c16-9-5-6-13(12(7-9)21(23)24)25-8-14(22)20-11-4-2-1-3-10(11)15(17,18)19/h1-7H,8H2,(H,20,22). The topological polar surface area (TPSA) is 81.5 Å². The van der Waals surface area contributed by atoms with Gasteiger partial charge in [-0.15, -0.1) is 0 Å². The summed E-state index contributed by atoms with van der Waals surface area (Å²) in [6, 6.07) is 7.97. The first-order valence-corrected chi connectivity index (χ1v) is 7.09. The molecule has 0 aliphatic carbocycles. The first kappa shape index (κ1) is 18.5. The van der Waals surface area contributed by atoms with Crippen LogP contribution < -0.4 is 10.1 Å². The van der Waals surface area contributed by atoms with Gasteiger partial charge in [-0.05, 0) is 24.3 Å². The lowest BCUT2D eigenvalue weighted by Gasteiger charge is -2.13. The molecule has 0 radical (unpaired) electrons. The van der Waals surface area contributed by atoms with Crippen molar-refractivity contribution in [3.63, 3.8) is 0 Å². The number of hydrogen-bond donors (Lipinski definition) is 1. The molecule has 2 rings (SSSR count). The summed E-state index contributed by atoms with van der Waals surface area (Å²) >= 11 is 5.65. The number of rotatable bonds is 5. The van der Waals surface area contributed by atoms with E-state index in [-0.39, 0.29) is 10.8 Å². The van der Waals surface area contributed by atoms with Gasteiger partial charge in [0.25, 0.3) is 5.91 Å². The molecule has 0 unspecified atom stereocenters. The van der Waals surface area contributed by atoms with Crippen LogP contribution in [0.4, 0.5) is 24.5 Å². The smallest absolute Gasteiger partial charge is 0.418 e. The molecule has 25 heavy (non-hydrogen) atoms. The molecule has 0 fully saturated rings. The second kappa shape index (κ2) is 7.39. The minimum Gasteiger partial charge on any atom is -0.477 e. The van der Waals surface area contributed by atoms with Crippen LogP contribution in [0, 0.1) is 10.1 Å². The maximum Gasteiger partial charge on any atom is 0.418 e. The summed E-state index contributed by atoms with van der Waals surface area (Å²) < 4.78 is 43.6. The summed E-state index contributed by atoms with van der Waals surface area (Å²) in [6.45, 7) is -0.714. The Morgan fingerprint density at radius 2 is 1.92 bits per heavy atom. The number of amides is 1. The molecule has 2 aromatic rings. The van der Waals surface area contributed by atoms with Crippen LogP contribution in [0.5, 0.6) is 5.75 Å². The zero-order valence-corrected chi connectivity index (χ0v) is 13.1. The number of para-hydroxylation sites is 1. The normalized spacial score (nSPS) is 11.0. The van der Waals surface area contributed by atoms with E-state index in [4.69, 9.17) is 16.3 Å².